The number of ketones is 1. The molecule has 0 amide bonds. The summed E-state index contributed by atoms with van der Waals surface area (Å²) in [5.41, 5.74) is 1.71. The van der Waals surface area contributed by atoms with E-state index < -0.39 is 5.97 Å². The molecule has 2 atom stereocenters. The highest BCUT2D eigenvalue weighted by molar-refractivity contribution is 9.10. The summed E-state index contributed by atoms with van der Waals surface area (Å²) in [5.74, 6) is 0.282. The van der Waals surface area contributed by atoms with Crippen molar-refractivity contribution < 1.29 is 29.3 Å². The minimum absolute atomic E-state index is 0.0193. The van der Waals surface area contributed by atoms with Crippen molar-refractivity contribution in [3.63, 3.8) is 0 Å². The van der Waals surface area contributed by atoms with E-state index in [1.807, 2.05) is 6.92 Å². The molecule has 1 aliphatic carbocycles. The first-order valence-electron chi connectivity index (χ1n) is 11.0. The topological polar surface area (TPSA) is 93.1 Å². The van der Waals surface area contributed by atoms with E-state index in [9.17, 15) is 14.7 Å². The Labute approximate surface area is 196 Å². The second-order valence-electron chi connectivity index (χ2n) is 8.23. The monoisotopic (exact) mass is 504 g/mol. The highest BCUT2D eigenvalue weighted by Gasteiger charge is 2.27. The number of hydrogen-bond acceptors (Lipinski definition) is 5. The van der Waals surface area contributed by atoms with Crippen LogP contribution in [0.1, 0.15) is 67.4 Å². The van der Waals surface area contributed by atoms with Crippen molar-refractivity contribution >= 4 is 27.7 Å². The van der Waals surface area contributed by atoms with E-state index in [1.165, 1.54) is 6.92 Å². The molecule has 0 aliphatic heterocycles. The van der Waals surface area contributed by atoms with E-state index in [0.29, 0.717) is 41.0 Å². The van der Waals surface area contributed by atoms with Crippen molar-refractivity contribution in [2.75, 3.05) is 0 Å². The molecule has 32 heavy (non-hydrogen) atoms. The number of halogens is 1. The summed E-state index contributed by atoms with van der Waals surface area (Å²) >= 11 is 3.48. The lowest BCUT2D eigenvalue weighted by molar-refractivity contribution is -0.136. The van der Waals surface area contributed by atoms with Crippen LogP contribution in [0.25, 0.3) is 0 Å². The van der Waals surface area contributed by atoms with Crippen molar-refractivity contribution in [2.24, 2.45) is 0 Å². The van der Waals surface area contributed by atoms with Gasteiger partial charge in [-0.05, 0) is 78.4 Å². The largest absolute Gasteiger partial charge is 0.507 e. The Balaban J connectivity index is 1.70. The van der Waals surface area contributed by atoms with Gasteiger partial charge in [0.2, 0.25) is 0 Å². The minimum Gasteiger partial charge on any atom is -0.507 e. The highest BCUT2D eigenvalue weighted by Crippen LogP contribution is 2.36. The van der Waals surface area contributed by atoms with Crippen LogP contribution < -0.4 is 9.47 Å². The SMILES string of the molecule is CCCc1c(O[C@@H]2CCC[C@@H](Oc3ccc(CC(=O)O)cc3Br)C2)ccc(C(C)=O)c1O. The lowest BCUT2D eigenvalue weighted by Crippen LogP contribution is -2.32. The van der Waals surface area contributed by atoms with Gasteiger partial charge in [0.05, 0.1) is 16.5 Å². The Bertz CT molecular complexity index is 987. The van der Waals surface area contributed by atoms with Gasteiger partial charge in [0, 0.05) is 12.0 Å². The first-order chi connectivity index (χ1) is 15.3. The van der Waals surface area contributed by atoms with Gasteiger partial charge in [-0.2, -0.15) is 0 Å². The van der Waals surface area contributed by atoms with E-state index in [-0.39, 0.29) is 30.2 Å². The van der Waals surface area contributed by atoms with Gasteiger partial charge in [0.25, 0.3) is 0 Å². The van der Waals surface area contributed by atoms with Crippen LogP contribution in [0.5, 0.6) is 17.2 Å². The fourth-order valence-electron chi connectivity index (χ4n) is 4.10. The average Bonchev–Trinajstić information content (AvgIpc) is 2.72. The first-order valence-corrected chi connectivity index (χ1v) is 11.8. The smallest absolute Gasteiger partial charge is 0.307 e. The molecule has 0 unspecified atom stereocenters. The predicted molar refractivity (Wildman–Crippen MR) is 125 cm³/mol. The Kier molecular flexibility index (Phi) is 8.18. The van der Waals surface area contributed by atoms with Crippen molar-refractivity contribution in [1.82, 2.24) is 0 Å². The fraction of sp³-hybridized carbons (Fsp3) is 0.440. The average molecular weight is 505 g/mol. The molecule has 1 fully saturated rings. The minimum atomic E-state index is -0.873. The molecular formula is C25H29BrO6. The maximum absolute atomic E-state index is 11.8. The summed E-state index contributed by atoms with van der Waals surface area (Å²) in [6, 6.07) is 8.74. The normalized spacial score (nSPS) is 18.2. The van der Waals surface area contributed by atoms with Gasteiger partial charge in [-0.25, -0.2) is 0 Å². The number of carbonyl (C=O) groups excluding carboxylic acids is 1. The molecule has 0 aromatic heterocycles. The van der Waals surface area contributed by atoms with Crippen LogP contribution in [0, 0.1) is 0 Å². The van der Waals surface area contributed by atoms with E-state index in [0.717, 1.165) is 30.2 Å². The van der Waals surface area contributed by atoms with Crippen molar-refractivity contribution in [3.05, 3.63) is 51.5 Å². The third kappa shape index (κ3) is 6.03. The number of benzene rings is 2. The lowest BCUT2D eigenvalue weighted by atomic mass is 9.94. The number of ether oxygens (including phenoxy) is 2. The van der Waals surface area contributed by atoms with Crippen LogP contribution in [0.15, 0.2) is 34.8 Å². The van der Waals surface area contributed by atoms with Crippen LogP contribution >= 0.6 is 15.9 Å². The van der Waals surface area contributed by atoms with Crippen LogP contribution in [0.3, 0.4) is 0 Å². The lowest BCUT2D eigenvalue weighted by Gasteiger charge is -2.31. The second-order valence-corrected chi connectivity index (χ2v) is 9.08. The number of carboxylic acid groups (broad SMARTS) is 1. The third-order valence-electron chi connectivity index (χ3n) is 5.64. The molecule has 172 valence electrons. The van der Waals surface area contributed by atoms with Crippen LogP contribution in [-0.4, -0.2) is 34.2 Å². The molecule has 0 radical (unpaired) electrons. The molecule has 1 aliphatic rings. The summed E-state index contributed by atoms with van der Waals surface area (Å²) < 4.78 is 13.2. The molecule has 2 aromatic rings. The summed E-state index contributed by atoms with van der Waals surface area (Å²) in [5, 5.41) is 19.5. The molecule has 1 saturated carbocycles. The zero-order valence-corrected chi connectivity index (χ0v) is 20.0. The highest BCUT2D eigenvalue weighted by atomic mass is 79.9. The maximum Gasteiger partial charge on any atom is 0.307 e. The number of Topliss-reactive ketones (excluding diaryl/α,β-unsaturated/α-hetero) is 1. The van der Waals surface area contributed by atoms with E-state index in [4.69, 9.17) is 14.6 Å². The Hall–Kier alpha value is -2.54. The Morgan fingerprint density at radius 1 is 1.09 bits per heavy atom. The van der Waals surface area contributed by atoms with Crippen molar-refractivity contribution in [2.45, 2.75) is 71.0 Å². The van der Waals surface area contributed by atoms with E-state index >= 15 is 0 Å². The summed E-state index contributed by atoms with van der Waals surface area (Å²) in [4.78, 5) is 22.7. The van der Waals surface area contributed by atoms with Gasteiger partial charge < -0.3 is 19.7 Å². The maximum atomic E-state index is 11.8. The zero-order chi connectivity index (χ0) is 23.3. The summed E-state index contributed by atoms with van der Waals surface area (Å²) in [6.07, 6.45) is 4.77. The Morgan fingerprint density at radius 3 is 2.34 bits per heavy atom. The molecule has 0 spiro atoms. The fourth-order valence-corrected chi connectivity index (χ4v) is 4.62. The van der Waals surface area contributed by atoms with E-state index in [1.54, 1.807) is 30.3 Å². The molecule has 7 heteroatoms. The number of aromatic hydroxyl groups is 1. The Morgan fingerprint density at radius 2 is 1.75 bits per heavy atom. The van der Waals surface area contributed by atoms with Crippen LogP contribution in [-0.2, 0) is 17.6 Å². The van der Waals surface area contributed by atoms with Gasteiger partial charge in [0.15, 0.2) is 5.78 Å². The third-order valence-corrected chi connectivity index (χ3v) is 6.26. The number of carboxylic acids is 1. The van der Waals surface area contributed by atoms with Gasteiger partial charge in [-0.15, -0.1) is 0 Å². The molecule has 2 aromatic carbocycles. The quantitative estimate of drug-likeness (QED) is 0.425. The van der Waals surface area contributed by atoms with E-state index in [2.05, 4.69) is 15.9 Å². The summed E-state index contributed by atoms with van der Waals surface area (Å²) in [6.45, 7) is 3.47. The number of phenolic OH excluding ortho intramolecular Hbond substituents is 1. The molecule has 0 saturated heterocycles. The van der Waals surface area contributed by atoms with Crippen LogP contribution in [0.4, 0.5) is 0 Å². The van der Waals surface area contributed by atoms with Gasteiger partial charge >= 0.3 is 5.97 Å². The van der Waals surface area contributed by atoms with Gasteiger partial charge in [0.1, 0.15) is 29.5 Å². The molecule has 6 nitrogen and oxygen atoms in total. The number of aliphatic carboxylic acids is 1. The molecular weight excluding hydrogens is 476 g/mol. The number of phenols is 1. The standard InChI is InChI=1S/C25H29BrO6/c1-3-5-20-22(11-9-19(15(2)27)25(20)30)31-17-6-4-7-18(14-17)32-23-10-8-16(12-21(23)26)13-24(28)29/h8-12,17-18,30H,3-7,13-14H2,1-2H3,(H,28,29)/t17-,18-/m1/s1. The number of carbonyl (C=O) groups is 2. The number of rotatable bonds is 9. The van der Waals surface area contributed by atoms with Crippen molar-refractivity contribution in [3.8, 4) is 17.2 Å². The molecule has 0 bridgehead atoms. The van der Waals surface area contributed by atoms with Crippen molar-refractivity contribution in [1.29, 1.82) is 0 Å². The molecule has 3 rings (SSSR count). The van der Waals surface area contributed by atoms with Gasteiger partial charge in [-0.3, -0.25) is 9.59 Å². The predicted octanol–water partition coefficient (Wildman–Crippen LogP) is 5.71. The first kappa shape index (κ1) is 24.1. The van der Waals surface area contributed by atoms with Gasteiger partial charge in [-0.1, -0.05) is 19.4 Å². The molecule has 0 heterocycles. The van der Waals surface area contributed by atoms with Crippen LogP contribution in [0.2, 0.25) is 0 Å². The summed E-state index contributed by atoms with van der Waals surface area (Å²) in [7, 11) is 0. The molecule has 2 N–H and O–H groups in total. The second kappa shape index (κ2) is 10.9. The zero-order valence-electron chi connectivity index (χ0n) is 18.4. The number of hydrogen-bond donors (Lipinski definition) is 2.